The van der Waals surface area contributed by atoms with Gasteiger partial charge in [0.05, 0.1) is 20.3 Å². The van der Waals surface area contributed by atoms with Crippen LogP contribution in [-0.4, -0.2) is 37.8 Å². The van der Waals surface area contributed by atoms with Gasteiger partial charge in [-0.15, -0.1) is 0 Å². The van der Waals surface area contributed by atoms with Crippen LogP contribution in [0.3, 0.4) is 0 Å². The molecule has 0 N–H and O–H groups in total. The fraction of sp³-hybridized carbons (Fsp3) is 0.433. The third-order valence-electron chi connectivity index (χ3n) is 7.35. The number of rotatable bonds is 7. The zero-order valence-corrected chi connectivity index (χ0v) is 22.0. The Bertz CT molecular complexity index is 1210. The molecule has 0 saturated heterocycles. The first kappa shape index (κ1) is 25.7. The molecule has 4 rings (SSSR count). The SMILES string of the molecule is CC[C@H](C)OC(=O)C1C(C)=NC2=C(C(=O)C[C@H](c3ccc(OC)c(OC)c3)C2)[C@H]1c1ccc(C)cc1. The van der Waals surface area contributed by atoms with Crippen molar-refractivity contribution < 1.29 is 23.8 Å². The lowest BCUT2D eigenvalue weighted by atomic mass is 9.69. The van der Waals surface area contributed by atoms with Gasteiger partial charge in [-0.05, 0) is 62.8 Å². The summed E-state index contributed by atoms with van der Waals surface area (Å²) in [5, 5.41) is 0. The second kappa shape index (κ2) is 10.7. The van der Waals surface area contributed by atoms with Gasteiger partial charge in [-0.25, -0.2) is 0 Å². The average molecular weight is 490 g/mol. The van der Waals surface area contributed by atoms with E-state index in [4.69, 9.17) is 19.2 Å². The predicted molar refractivity (Wildman–Crippen MR) is 140 cm³/mol. The van der Waals surface area contributed by atoms with Crippen LogP contribution >= 0.6 is 0 Å². The van der Waals surface area contributed by atoms with Crippen molar-refractivity contribution in [3.63, 3.8) is 0 Å². The van der Waals surface area contributed by atoms with Crippen LogP contribution in [0.4, 0.5) is 0 Å². The van der Waals surface area contributed by atoms with E-state index in [2.05, 4.69) is 0 Å². The molecule has 6 heteroatoms. The molecule has 190 valence electrons. The molecule has 1 aliphatic heterocycles. The predicted octanol–water partition coefficient (Wildman–Crippen LogP) is 5.93. The van der Waals surface area contributed by atoms with Crippen molar-refractivity contribution in [2.75, 3.05) is 14.2 Å². The highest BCUT2D eigenvalue weighted by atomic mass is 16.5. The van der Waals surface area contributed by atoms with Crippen molar-refractivity contribution in [3.8, 4) is 11.5 Å². The fourth-order valence-electron chi connectivity index (χ4n) is 5.20. The quantitative estimate of drug-likeness (QED) is 0.451. The normalized spacial score (nSPS) is 22.4. The molecule has 1 unspecified atom stereocenters. The largest absolute Gasteiger partial charge is 0.493 e. The van der Waals surface area contributed by atoms with Gasteiger partial charge >= 0.3 is 5.97 Å². The summed E-state index contributed by atoms with van der Waals surface area (Å²) in [5.74, 6) is -0.0740. The number of nitrogens with zero attached hydrogens (tertiary/aromatic N) is 1. The zero-order chi connectivity index (χ0) is 26.0. The van der Waals surface area contributed by atoms with E-state index in [1.54, 1.807) is 14.2 Å². The van der Waals surface area contributed by atoms with Crippen LogP contribution in [-0.2, 0) is 14.3 Å². The number of allylic oxidation sites excluding steroid dienone is 2. The van der Waals surface area contributed by atoms with Crippen LogP contribution in [0.25, 0.3) is 0 Å². The Hall–Kier alpha value is -3.41. The lowest BCUT2D eigenvalue weighted by Crippen LogP contribution is -2.39. The Labute approximate surface area is 213 Å². The summed E-state index contributed by atoms with van der Waals surface area (Å²) < 4.78 is 16.6. The standard InChI is InChI=1S/C30H35NO5/c1-7-18(3)36-30(33)27-19(4)31-23-14-22(21-12-13-25(34-5)26(16-21)35-6)15-24(32)29(23)28(27)20-10-8-17(2)9-11-20/h8-13,16,18,22,27-28H,7,14-15H2,1-6H3/t18-,22+,27?,28-/m0/s1. The summed E-state index contributed by atoms with van der Waals surface area (Å²) in [7, 11) is 3.21. The number of hydrogen-bond donors (Lipinski definition) is 0. The third kappa shape index (κ3) is 4.95. The molecule has 0 spiro atoms. The van der Waals surface area contributed by atoms with E-state index in [0.717, 1.165) is 28.8 Å². The Balaban J connectivity index is 1.76. The number of methoxy groups -OCH3 is 2. The molecular weight excluding hydrogens is 454 g/mol. The highest BCUT2D eigenvalue weighted by Gasteiger charge is 2.45. The smallest absolute Gasteiger partial charge is 0.315 e. The molecule has 0 bridgehead atoms. The molecule has 6 nitrogen and oxygen atoms in total. The first-order valence-corrected chi connectivity index (χ1v) is 12.6. The van der Waals surface area contributed by atoms with E-state index >= 15 is 0 Å². The number of aliphatic imine (C=N–C) groups is 1. The van der Waals surface area contributed by atoms with Gasteiger partial charge < -0.3 is 14.2 Å². The Morgan fingerprint density at radius 2 is 1.67 bits per heavy atom. The maximum Gasteiger partial charge on any atom is 0.315 e. The lowest BCUT2D eigenvalue weighted by molar-refractivity contribution is -0.151. The molecule has 4 atom stereocenters. The number of carbonyl (C=O) groups excluding carboxylic acids is 2. The summed E-state index contributed by atoms with van der Waals surface area (Å²) in [6.45, 7) is 7.77. The molecule has 0 saturated carbocycles. The van der Waals surface area contributed by atoms with Crippen molar-refractivity contribution in [2.24, 2.45) is 10.9 Å². The third-order valence-corrected chi connectivity index (χ3v) is 7.35. The van der Waals surface area contributed by atoms with Gasteiger partial charge in [0.2, 0.25) is 0 Å². The van der Waals surface area contributed by atoms with Gasteiger partial charge in [0.1, 0.15) is 5.92 Å². The summed E-state index contributed by atoms with van der Waals surface area (Å²) >= 11 is 0. The molecule has 1 aliphatic carbocycles. The second-order valence-corrected chi connectivity index (χ2v) is 9.78. The first-order valence-electron chi connectivity index (χ1n) is 12.6. The van der Waals surface area contributed by atoms with E-state index < -0.39 is 11.8 Å². The van der Waals surface area contributed by atoms with E-state index in [1.165, 1.54) is 0 Å². The van der Waals surface area contributed by atoms with Crippen LogP contribution in [0.15, 0.2) is 58.7 Å². The molecular formula is C30H35NO5. The van der Waals surface area contributed by atoms with Crippen LogP contribution < -0.4 is 9.47 Å². The fourth-order valence-corrected chi connectivity index (χ4v) is 5.20. The minimum Gasteiger partial charge on any atom is -0.493 e. The van der Waals surface area contributed by atoms with Crippen molar-refractivity contribution in [2.45, 2.75) is 64.9 Å². The summed E-state index contributed by atoms with van der Waals surface area (Å²) in [5.41, 5.74) is 5.16. The van der Waals surface area contributed by atoms with Gasteiger partial charge in [0, 0.05) is 29.3 Å². The molecule has 2 aromatic carbocycles. The second-order valence-electron chi connectivity index (χ2n) is 9.78. The molecule has 2 aromatic rings. The molecule has 0 fully saturated rings. The monoisotopic (exact) mass is 489 g/mol. The topological polar surface area (TPSA) is 74.2 Å². The number of esters is 1. The lowest BCUT2D eigenvalue weighted by Gasteiger charge is -2.37. The Morgan fingerprint density at radius 1 is 1.00 bits per heavy atom. The molecule has 0 radical (unpaired) electrons. The summed E-state index contributed by atoms with van der Waals surface area (Å²) in [6, 6.07) is 13.9. The molecule has 0 aromatic heterocycles. The highest BCUT2D eigenvalue weighted by molar-refractivity contribution is 6.09. The van der Waals surface area contributed by atoms with E-state index in [1.807, 2.05) is 70.2 Å². The van der Waals surface area contributed by atoms with Gasteiger partial charge in [0.25, 0.3) is 0 Å². The number of aryl methyl sites for hydroxylation is 1. The van der Waals surface area contributed by atoms with Crippen molar-refractivity contribution in [1.82, 2.24) is 0 Å². The number of ketones is 1. The number of benzene rings is 2. The Morgan fingerprint density at radius 3 is 2.31 bits per heavy atom. The molecule has 2 aliphatic rings. The van der Waals surface area contributed by atoms with Crippen LogP contribution in [0.2, 0.25) is 0 Å². The van der Waals surface area contributed by atoms with Crippen molar-refractivity contribution in [1.29, 1.82) is 0 Å². The van der Waals surface area contributed by atoms with Gasteiger partial charge in [0.15, 0.2) is 17.3 Å². The summed E-state index contributed by atoms with van der Waals surface area (Å²) in [4.78, 5) is 32.0. The van der Waals surface area contributed by atoms with Crippen LogP contribution in [0.5, 0.6) is 11.5 Å². The number of carbonyl (C=O) groups is 2. The zero-order valence-electron chi connectivity index (χ0n) is 22.0. The van der Waals surface area contributed by atoms with E-state index in [-0.39, 0.29) is 23.8 Å². The van der Waals surface area contributed by atoms with Gasteiger partial charge in [-0.3, -0.25) is 14.6 Å². The van der Waals surface area contributed by atoms with Crippen LogP contribution in [0, 0.1) is 12.8 Å². The maximum absolute atomic E-state index is 13.8. The highest BCUT2D eigenvalue weighted by Crippen LogP contribution is 2.47. The van der Waals surface area contributed by atoms with Gasteiger partial charge in [-0.1, -0.05) is 42.8 Å². The van der Waals surface area contributed by atoms with Gasteiger partial charge in [-0.2, -0.15) is 0 Å². The number of hydrogen-bond acceptors (Lipinski definition) is 6. The Kier molecular flexibility index (Phi) is 7.62. The molecule has 36 heavy (non-hydrogen) atoms. The maximum atomic E-state index is 13.8. The number of ether oxygens (including phenoxy) is 3. The summed E-state index contributed by atoms with van der Waals surface area (Å²) in [6.07, 6.45) is 1.49. The van der Waals surface area contributed by atoms with Crippen molar-refractivity contribution in [3.05, 3.63) is 70.4 Å². The molecule has 0 amide bonds. The minimum absolute atomic E-state index is 0.0270. The average Bonchev–Trinajstić information content (AvgIpc) is 2.87. The molecule has 1 heterocycles. The minimum atomic E-state index is -0.623. The van der Waals surface area contributed by atoms with Crippen molar-refractivity contribution >= 4 is 17.5 Å². The van der Waals surface area contributed by atoms with Crippen LogP contribution in [0.1, 0.15) is 68.6 Å². The first-order chi connectivity index (χ1) is 17.3. The van der Waals surface area contributed by atoms with E-state index in [0.29, 0.717) is 35.6 Å². The van der Waals surface area contributed by atoms with E-state index in [9.17, 15) is 9.59 Å². The number of Topliss-reactive ketones (excluding diaryl/α,β-unsaturated/α-hetero) is 1.